The summed E-state index contributed by atoms with van der Waals surface area (Å²) in [6.07, 6.45) is 0. The van der Waals surface area contributed by atoms with Crippen LogP contribution in [-0.2, 0) is 6.54 Å². The summed E-state index contributed by atoms with van der Waals surface area (Å²) >= 11 is 6.21. The average molecular weight is 292 g/mol. The van der Waals surface area contributed by atoms with E-state index in [4.69, 9.17) is 21.1 Å². The summed E-state index contributed by atoms with van der Waals surface area (Å²) in [5, 5.41) is 13.5. The van der Waals surface area contributed by atoms with Gasteiger partial charge in [0, 0.05) is 24.2 Å². The number of anilines is 1. The van der Waals surface area contributed by atoms with E-state index < -0.39 is 0 Å². The fourth-order valence-corrected chi connectivity index (χ4v) is 2.27. The lowest BCUT2D eigenvalue weighted by Crippen LogP contribution is -2.15. The Morgan fingerprint density at radius 2 is 1.80 bits per heavy atom. The van der Waals surface area contributed by atoms with Crippen LogP contribution in [0.5, 0.6) is 17.2 Å². The van der Waals surface area contributed by atoms with E-state index in [-0.39, 0.29) is 5.75 Å². The van der Waals surface area contributed by atoms with Gasteiger partial charge in [-0.15, -0.1) is 0 Å². The molecule has 0 saturated carbocycles. The van der Waals surface area contributed by atoms with Crippen molar-refractivity contribution in [3.63, 3.8) is 0 Å². The number of ether oxygens (including phenoxy) is 2. The zero-order chi connectivity index (χ0) is 13.9. The van der Waals surface area contributed by atoms with Gasteiger partial charge >= 0.3 is 0 Å². The molecule has 0 bridgehead atoms. The van der Waals surface area contributed by atoms with Crippen molar-refractivity contribution in [1.82, 2.24) is 0 Å². The second-order valence-electron chi connectivity index (χ2n) is 4.46. The SMILES string of the molecule is Oc1ccccc1CNc1cc2c(cc1Cl)OCCO2. The number of phenols is 1. The molecule has 104 valence electrons. The van der Waals surface area contributed by atoms with Gasteiger partial charge in [0.05, 0.1) is 10.7 Å². The summed E-state index contributed by atoms with van der Waals surface area (Å²) in [5.74, 6) is 1.60. The second kappa shape index (κ2) is 5.51. The van der Waals surface area contributed by atoms with E-state index in [0.717, 1.165) is 11.3 Å². The van der Waals surface area contributed by atoms with E-state index in [0.29, 0.717) is 36.3 Å². The predicted molar refractivity (Wildman–Crippen MR) is 77.9 cm³/mol. The first-order valence-corrected chi connectivity index (χ1v) is 6.72. The molecule has 0 atom stereocenters. The highest BCUT2D eigenvalue weighted by Gasteiger charge is 2.15. The molecule has 4 nitrogen and oxygen atoms in total. The van der Waals surface area contributed by atoms with Crippen LogP contribution in [-0.4, -0.2) is 18.3 Å². The quantitative estimate of drug-likeness (QED) is 0.910. The zero-order valence-electron chi connectivity index (χ0n) is 10.7. The lowest BCUT2D eigenvalue weighted by molar-refractivity contribution is 0.171. The van der Waals surface area contributed by atoms with E-state index in [2.05, 4.69) is 5.32 Å². The highest BCUT2D eigenvalue weighted by Crippen LogP contribution is 2.38. The van der Waals surface area contributed by atoms with Crippen molar-refractivity contribution < 1.29 is 14.6 Å². The van der Waals surface area contributed by atoms with Crippen LogP contribution in [0.1, 0.15) is 5.56 Å². The van der Waals surface area contributed by atoms with Crippen molar-refractivity contribution in [2.75, 3.05) is 18.5 Å². The van der Waals surface area contributed by atoms with Crippen molar-refractivity contribution in [2.45, 2.75) is 6.54 Å². The summed E-state index contributed by atoms with van der Waals surface area (Å²) in [5.41, 5.74) is 1.55. The number of rotatable bonds is 3. The monoisotopic (exact) mass is 291 g/mol. The molecule has 0 unspecified atom stereocenters. The van der Waals surface area contributed by atoms with E-state index in [1.165, 1.54) is 0 Å². The molecule has 2 aromatic rings. The molecule has 0 saturated heterocycles. The number of hydrogen-bond donors (Lipinski definition) is 2. The second-order valence-corrected chi connectivity index (χ2v) is 4.87. The minimum absolute atomic E-state index is 0.258. The third-order valence-corrected chi connectivity index (χ3v) is 3.41. The highest BCUT2D eigenvalue weighted by atomic mass is 35.5. The van der Waals surface area contributed by atoms with Crippen LogP contribution in [0.15, 0.2) is 36.4 Å². The molecule has 0 aliphatic carbocycles. The van der Waals surface area contributed by atoms with E-state index in [1.807, 2.05) is 18.2 Å². The molecular weight excluding hydrogens is 278 g/mol. The van der Waals surface area contributed by atoms with Crippen LogP contribution < -0.4 is 14.8 Å². The minimum Gasteiger partial charge on any atom is -0.508 e. The van der Waals surface area contributed by atoms with Gasteiger partial charge in [0.25, 0.3) is 0 Å². The van der Waals surface area contributed by atoms with Gasteiger partial charge in [0.15, 0.2) is 11.5 Å². The zero-order valence-corrected chi connectivity index (χ0v) is 11.5. The largest absolute Gasteiger partial charge is 0.508 e. The molecular formula is C15H14ClNO3. The first-order chi connectivity index (χ1) is 9.74. The topological polar surface area (TPSA) is 50.7 Å². The Labute approximate surface area is 121 Å². The van der Waals surface area contributed by atoms with Gasteiger partial charge < -0.3 is 19.9 Å². The number of phenolic OH excluding ortho intramolecular Hbond substituents is 1. The molecule has 1 aliphatic heterocycles. The molecule has 2 N–H and O–H groups in total. The maximum atomic E-state index is 9.73. The van der Waals surface area contributed by atoms with E-state index >= 15 is 0 Å². The maximum absolute atomic E-state index is 9.73. The van der Waals surface area contributed by atoms with Crippen LogP contribution in [0.4, 0.5) is 5.69 Å². The Bertz CT molecular complexity index is 631. The number of fused-ring (bicyclic) bond motifs is 1. The molecule has 0 aromatic heterocycles. The van der Waals surface area contributed by atoms with E-state index in [9.17, 15) is 5.11 Å². The van der Waals surface area contributed by atoms with Gasteiger partial charge in [-0.25, -0.2) is 0 Å². The fraction of sp³-hybridized carbons (Fsp3) is 0.200. The fourth-order valence-electron chi connectivity index (χ4n) is 2.05. The highest BCUT2D eigenvalue weighted by molar-refractivity contribution is 6.33. The summed E-state index contributed by atoms with van der Waals surface area (Å²) in [7, 11) is 0. The Hall–Kier alpha value is -2.07. The van der Waals surface area contributed by atoms with Crippen LogP contribution in [0.3, 0.4) is 0 Å². The van der Waals surface area contributed by atoms with Crippen molar-refractivity contribution in [3.05, 3.63) is 47.0 Å². The number of nitrogens with one attached hydrogen (secondary N) is 1. The smallest absolute Gasteiger partial charge is 0.163 e. The Kier molecular flexibility index (Phi) is 3.56. The minimum atomic E-state index is 0.258. The van der Waals surface area contributed by atoms with Gasteiger partial charge in [0.1, 0.15) is 19.0 Å². The summed E-state index contributed by atoms with van der Waals surface area (Å²) in [4.78, 5) is 0. The summed E-state index contributed by atoms with van der Waals surface area (Å²) < 4.78 is 11.0. The molecule has 0 spiro atoms. The third kappa shape index (κ3) is 2.60. The number of halogens is 1. The van der Waals surface area contributed by atoms with Gasteiger partial charge in [0.2, 0.25) is 0 Å². The van der Waals surface area contributed by atoms with Gasteiger partial charge in [-0.05, 0) is 6.07 Å². The molecule has 0 amide bonds. The first kappa shape index (κ1) is 12.9. The standard InChI is InChI=1S/C15H14ClNO3/c16-11-7-14-15(20-6-5-19-14)8-12(11)17-9-10-3-1-2-4-13(10)18/h1-4,7-8,17-18H,5-6,9H2. The summed E-state index contributed by atoms with van der Waals surface area (Å²) in [6.45, 7) is 1.55. The number of para-hydroxylation sites is 1. The van der Waals surface area contributed by atoms with E-state index in [1.54, 1.807) is 18.2 Å². The van der Waals surface area contributed by atoms with Gasteiger partial charge in [-0.1, -0.05) is 29.8 Å². The molecule has 2 aromatic carbocycles. The third-order valence-electron chi connectivity index (χ3n) is 3.09. The number of hydrogen-bond acceptors (Lipinski definition) is 4. The molecule has 20 heavy (non-hydrogen) atoms. The molecule has 3 rings (SSSR count). The Morgan fingerprint density at radius 3 is 2.55 bits per heavy atom. The Balaban J connectivity index is 1.79. The van der Waals surface area contributed by atoms with Gasteiger partial charge in [-0.3, -0.25) is 0 Å². The predicted octanol–water partition coefficient (Wildman–Crippen LogP) is 3.43. The molecule has 1 heterocycles. The van der Waals surface area contributed by atoms with Gasteiger partial charge in [-0.2, -0.15) is 0 Å². The maximum Gasteiger partial charge on any atom is 0.163 e. The first-order valence-electron chi connectivity index (χ1n) is 6.34. The normalized spacial score (nSPS) is 13.1. The summed E-state index contributed by atoms with van der Waals surface area (Å²) in [6, 6.07) is 10.7. The lowest BCUT2D eigenvalue weighted by atomic mass is 10.2. The van der Waals surface area contributed by atoms with Crippen molar-refractivity contribution in [1.29, 1.82) is 0 Å². The van der Waals surface area contributed by atoms with Crippen LogP contribution >= 0.6 is 11.6 Å². The van der Waals surface area contributed by atoms with Crippen molar-refractivity contribution in [2.24, 2.45) is 0 Å². The Morgan fingerprint density at radius 1 is 1.10 bits per heavy atom. The average Bonchev–Trinajstić information content (AvgIpc) is 2.46. The molecule has 0 fully saturated rings. The van der Waals surface area contributed by atoms with Crippen LogP contribution in [0, 0.1) is 0 Å². The molecule has 1 aliphatic rings. The number of benzene rings is 2. The lowest BCUT2D eigenvalue weighted by Gasteiger charge is -2.20. The molecule has 0 radical (unpaired) electrons. The van der Waals surface area contributed by atoms with Crippen molar-refractivity contribution >= 4 is 17.3 Å². The number of aromatic hydroxyl groups is 1. The van der Waals surface area contributed by atoms with Crippen LogP contribution in [0.25, 0.3) is 0 Å². The van der Waals surface area contributed by atoms with Crippen LogP contribution in [0.2, 0.25) is 5.02 Å². The van der Waals surface area contributed by atoms with Crippen molar-refractivity contribution in [3.8, 4) is 17.2 Å². The molecule has 5 heteroatoms.